The van der Waals surface area contributed by atoms with Gasteiger partial charge in [-0.25, -0.2) is 0 Å². The topological polar surface area (TPSA) is 213 Å². The van der Waals surface area contributed by atoms with E-state index in [1.807, 2.05) is 13.0 Å². The van der Waals surface area contributed by atoms with Crippen LogP contribution in [0.5, 0.6) is 0 Å². The van der Waals surface area contributed by atoms with E-state index in [0.717, 1.165) is 31.3 Å². The van der Waals surface area contributed by atoms with Crippen molar-refractivity contribution in [1.82, 2.24) is 0 Å². The highest BCUT2D eigenvalue weighted by Crippen LogP contribution is 2.72. The number of carbonyl (C=O) groups excluding carboxylic acids is 1. The Kier molecular flexibility index (Phi) is 11.5. The molecule has 6 rings (SSSR count). The Labute approximate surface area is 318 Å². The standard InChI is InChI=1S/C41H64O13/c1-21(22(2)43)10-15-41(36(49)50)17-16-39(6)23(18-41)8-9-27-38(5)13-12-28(37(3,4)26(38)11-14-40(27,39)7)54-35-33(48)31(46)30(45)25(53-35)20-51-34-32(47)29(44)24(19-42)52-34/h8-9,18,21,24-35,42,44-48H,10-17,19-20H2,1-7H3,(H,49,50)/t21-,24+,25-,26+,27+,28+,29+,30-,31+,32-,33-,34-,35+,38+,39+,40-,41+/m0/s1. The molecular formula is C41H64O13. The van der Waals surface area contributed by atoms with Crippen LogP contribution in [0, 0.1) is 44.8 Å². The van der Waals surface area contributed by atoms with E-state index in [4.69, 9.17) is 18.9 Å². The van der Waals surface area contributed by atoms with E-state index in [9.17, 15) is 45.3 Å². The van der Waals surface area contributed by atoms with Crippen LogP contribution in [0.4, 0.5) is 0 Å². The number of allylic oxidation sites excluding steroid dienone is 3. The van der Waals surface area contributed by atoms with Crippen LogP contribution in [0.1, 0.15) is 99.8 Å². The lowest BCUT2D eigenvalue weighted by Crippen LogP contribution is -2.64. The maximum Gasteiger partial charge on any atom is 0.313 e. The molecule has 2 aliphatic heterocycles. The van der Waals surface area contributed by atoms with Crippen LogP contribution in [0.2, 0.25) is 0 Å². The Morgan fingerprint density at radius 2 is 1.52 bits per heavy atom. The summed E-state index contributed by atoms with van der Waals surface area (Å²) in [4.78, 5) is 24.8. The highest BCUT2D eigenvalue weighted by atomic mass is 16.7. The number of ether oxygens (including phenoxy) is 4. The molecule has 17 atom stereocenters. The fourth-order valence-electron chi connectivity index (χ4n) is 11.6. The maximum atomic E-state index is 12.8. The number of Topliss-reactive ketones (excluding diaryl/α,β-unsaturated/α-hetero) is 1. The van der Waals surface area contributed by atoms with E-state index >= 15 is 0 Å². The third-order valence-corrected chi connectivity index (χ3v) is 15.7. The lowest BCUT2D eigenvalue weighted by atomic mass is 9.36. The number of aliphatic carboxylic acids is 1. The highest BCUT2D eigenvalue weighted by Gasteiger charge is 2.66. The summed E-state index contributed by atoms with van der Waals surface area (Å²) >= 11 is 0. The molecule has 0 aromatic rings. The fourth-order valence-corrected chi connectivity index (χ4v) is 11.6. The lowest BCUT2D eigenvalue weighted by Gasteiger charge is -2.69. The first-order valence-corrected chi connectivity index (χ1v) is 19.9. The van der Waals surface area contributed by atoms with Crippen LogP contribution in [0.25, 0.3) is 0 Å². The number of hydrogen-bond donors (Lipinski definition) is 7. The summed E-state index contributed by atoms with van der Waals surface area (Å²) in [5.74, 6) is -0.492. The molecule has 7 N–H and O–H groups in total. The van der Waals surface area contributed by atoms with Gasteiger partial charge < -0.3 is 54.7 Å². The number of ketones is 1. The van der Waals surface area contributed by atoms with Gasteiger partial charge in [0.15, 0.2) is 12.6 Å². The van der Waals surface area contributed by atoms with E-state index in [1.54, 1.807) is 6.92 Å². The zero-order valence-corrected chi connectivity index (χ0v) is 32.9. The molecule has 6 aliphatic rings. The fraction of sp³-hybridized carbons (Fsp3) is 0.854. The second-order valence-electron chi connectivity index (χ2n) is 18.8. The molecule has 0 radical (unpaired) electrons. The molecule has 4 fully saturated rings. The number of hydrogen-bond acceptors (Lipinski definition) is 12. The number of carboxylic acid groups (broad SMARTS) is 1. The minimum atomic E-state index is -1.60. The third kappa shape index (κ3) is 6.65. The quantitative estimate of drug-likeness (QED) is 0.151. The second kappa shape index (κ2) is 14.9. The summed E-state index contributed by atoms with van der Waals surface area (Å²) < 4.78 is 23.6. The molecule has 306 valence electrons. The van der Waals surface area contributed by atoms with Crippen LogP contribution in [-0.2, 0) is 28.5 Å². The van der Waals surface area contributed by atoms with Gasteiger partial charge in [-0.05, 0) is 97.4 Å². The molecule has 0 amide bonds. The maximum absolute atomic E-state index is 12.8. The molecule has 2 saturated heterocycles. The molecule has 4 aliphatic carbocycles. The van der Waals surface area contributed by atoms with Crippen LogP contribution < -0.4 is 0 Å². The molecular weight excluding hydrogens is 700 g/mol. The number of carboxylic acids is 1. The molecule has 2 heterocycles. The zero-order valence-electron chi connectivity index (χ0n) is 32.9. The van der Waals surface area contributed by atoms with Gasteiger partial charge in [0.1, 0.15) is 48.5 Å². The van der Waals surface area contributed by atoms with E-state index in [-0.39, 0.29) is 57.9 Å². The first-order chi connectivity index (χ1) is 25.2. The van der Waals surface area contributed by atoms with Crippen LogP contribution >= 0.6 is 0 Å². The van der Waals surface area contributed by atoms with E-state index < -0.39 is 73.3 Å². The summed E-state index contributed by atoms with van der Waals surface area (Å²) in [6, 6.07) is 0. The van der Waals surface area contributed by atoms with Crippen molar-refractivity contribution in [3.8, 4) is 0 Å². The molecule has 54 heavy (non-hydrogen) atoms. The average molecular weight is 765 g/mol. The number of aliphatic hydroxyl groups excluding tert-OH is 6. The van der Waals surface area contributed by atoms with E-state index in [0.29, 0.717) is 25.7 Å². The number of aliphatic hydroxyl groups is 6. The Morgan fingerprint density at radius 3 is 2.15 bits per heavy atom. The zero-order chi connectivity index (χ0) is 39.8. The van der Waals surface area contributed by atoms with Gasteiger partial charge >= 0.3 is 5.97 Å². The monoisotopic (exact) mass is 764 g/mol. The summed E-state index contributed by atoms with van der Waals surface area (Å²) in [6.45, 7) is 14.0. The van der Waals surface area contributed by atoms with Gasteiger partial charge in [0, 0.05) is 5.92 Å². The van der Waals surface area contributed by atoms with Crippen molar-refractivity contribution in [3.63, 3.8) is 0 Å². The van der Waals surface area contributed by atoms with Crippen molar-refractivity contribution in [2.24, 2.45) is 44.8 Å². The number of carbonyl (C=O) groups is 2. The normalized spacial score (nSPS) is 48.9. The average Bonchev–Trinajstić information content (AvgIpc) is 3.39. The Bertz CT molecular complexity index is 1480. The SMILES string of the molecule is CC(=O)[C@@H](C)CC[C@]1(C(=O)O)C=C2C=C[C@@H]3[C@]4(C)CC[C@@H](O[C@H]5O[C@@H](CO[C@H]6O[C@H](CO)[C@@H](O)[C@@H]6O)[C@H](O)[C@@H](O)[C@@H]5O)C(C)(C)[C@H]4CC[C@]3(C)[C@]2(C)CC1. The van der Waals surface area contributed by atoms with E-state index in [2.05, 4.69) is 46.8 Å². The third-order valence-electron chi connectivity index (χ3n) is 15.7. The smallest absolute Gasteiger partial charge is 0.313 e. The highest BCUT2D eigenvalue weighted by molar-refractivity contribution is 5.79. The molecule has 2 saturated carbocycles. The summed E-state index contributed by atoms with van der Waals surface area (Å²) in [5, 5.41) is 72.9. The molecule has 0 spiro atoms. The van der Waals surface area contributed by atoms with Gasteiger partial charge in [-0.3, -0.25) is 9.59 Å². The predicted molar refractivity (Wildman–Crippen MR) is 194 cm³/mol. The van der Waals surface area contributed by atoms with Crippen LogP contribution in [0.15, 0.2) is 23.8 Å². The van der Waals surface area contributed by atoms with Crippen molar-refractivity contribution < 1.29 is 64.3 Å². The van der Waals surface area contributed by atoms with Gasteiger partial charge in [-0.1, -0.05) is 59.8 Å². The van der Waals surface area contributed by atoms with Gasteiger partial charge in [-0.15, -0.1) is 0 Å². The van der Waals surface area contributed by atoms with Crippen molar-refractivity contribution in [2.45, 2.75) is 161 Å². The van der Waals surface area contributed by atoms with Gasteiger partial charge in [0.25, 0.3) is 0 Å². The van der Waals surface area contributed by atoms with Gasteiger partial charge in [0.05, 0.1) is 24.7 Å². The van der Waals surface area contributed by atoms with E-state index in [1.165, 1.54) is 0 Å². The first-order valence-electron chi connectivity index (χ1n) is 19.9. The minimum absolute atomic E-state index is 0.0782. The van der Waals surface area contributed by atoms with Crippen LogP contribution in [0.3, 0.4) is 0 Å². The summed E-state index contributed by atoms with van der Waals surface area (Å²) in [5.41, 5.74) is -0.762. The summed E-state index contributed by atoms with van der Waals surface area (Å²) in [6.07, 6.45) is -0.450. The number of fused-ring (bicyclic) bond motifs is 5. The largest absolute Gasteiger partial charge is 0.481 e. The minimum Gasteiger partial charge on any atom is -0.481 e. The Morgan fingerprint density at radius 1 is 0.870 bits per heavy atom. The molecule has 0 aromatic heterocycles. The molecule has 13 nitrogen and oxygen atoms in total. The molecule has 0 aromatic carbocycles. The predicted octanol–water partition coefficient (Wildman–Crippen LogP) is 2.87. The van der Waals surface area contributed by atoms with Crippen molar-refractivity contribution in [3.05, 3.63) is 23.8 Å². The Balaban J connectivity index is 1.18. The van der Waals surface area contributed by atoms with Crippen molar-refractivity contribution in [2.75, 3.05) is 13.2 Å². The second-order valence-corrected chi connectivity index (χ2v) is 18.8. The number of rotatable bonds is 11. The van der Waals surface area contributed by atoms with Gasteiger partial charge in [0.2, 0.25) is 0 Å². The van der Waals surface area contributed by atoms with Gasteiger partial charge in [-0.2, -0.15) is 0 Å². The first kappa shape index (κ1) is 41.8. The lowest BCUT2D eigenvalue weighted by molar-refractivity contribution is -0.334. The summed E-state index contributed by atoms with van der Waals surface area (Å²) in [7, 11) is 0. The van der Waals surface area contributed by atoms with Crippen molar-refractivity contribution >= 4 is 11.8 Å². The molecule has 0 bridgehead atoms. The van der Waals surface area contributed by atoms with Crippen molar-refractivity contribution in [1.29, 1.82) is 0 Å². The Hall–Kier alpha value is -1.78. The molecule has 13 heteroatoms. The van der Waals surface area contributed by atoms with Crippen LogP contribution in [-0.4, -0.2) is 122 Å². The molecule has 0 unspecified atom stereocenters.